The molecule has 3 nitrogen and oxygen atoms in total. The fraction of sp³-hybridized carbons (Fsp3) is 0. The van der Waals surface area contributed by atoms with Crippen LogP contribution in [0.3, 0.4) is 0 Å². The predicted octanol–water partition coefficient (Wildman–Crippen LogP) is -1.93. The van der Waals surface area contributed by atoms with Crippen molar-refractivity contribution in [1.82, 2.24) is 0 Å². The van der Waals surface area contributed by atoms with Gasteiger partial charge in [-0.05, 0) is 5.92 Å². The molecule has 0 aliphatic heterocycles. The number of carbonyl (C=O) groups excluding carboxylic acids is 1. The van der Waals surface area contributed by atoms with Crippen molar-refractivity contribution < 1.29 is 15.0 Å². The van der Waals surface area contributed by atoms with Crippen LogP contribution in [0.2, 0.25) is 0 Å². The zero-order chi connectivity index (χ0) is 4.99. The highest BCUT2D eigenvalue weighted by atomic mass is 16.4. The highest BCUT2D eigenvalue weighted by molar-refractivity contribution is 5.83. The number of rotatable bonds is 0. The van der Waals surface area contributed by atoms with E-state index in [2.05, 4.69) is 0 Å². The summed E-state index contributed by atoms with van der Waals surface area (Å²) < 4.78 is 0. The Morgan fingerprint density at radius 2 is 2.33 bits per heavy atom. The van der Waals surface area contributed by atoms with Crippen LogP contribution in [0.25, 0.3) is 0 Å². The Kier molecular flexibility index (Phi) is 1.68. The lowest BCUT2D eigenvalue weighted by molar-refractivity contribution is -0.295. The van der Waals surface area contributed by atoms with Gasteiger partial charge in [-0.1, -0.05) is 0 Å². The minimum atomic E-state index is -1.57. The number of aliphatic carboxylic acids is 1. The van der Waals surface area contributed by atoms with E-state index in [4.69, 9.17) is 15.0 Å². The van der Waals surface area contributed by atoms with Crippen LogP contribution < -0.4 is 5.11 Å². The van der Waals surface area contributed by atoms with Crippen molar-refractivity contribution in [2.24, 2.45) is 0 Å². The summed E-state index contributed by atoms with van der Waals surface area (Å²) in [5.41, 5.74) is 0. The molecule has 0 aromatic heterocycles. The number of aliphatic hydroxyl groups is 1. The largest absolute Gasteiger partial charge is 0.536 e. The Bertz CT molecular complexity index is 105. The van der Waals surface area contributed by atoms with Crippen LogP contribution in [0, 0.1) is 12.0 Å². The summed E-state index contributed by atoms with van der Waals surface area (Å²) in [6.45, 7) is 0. The van der Waals surface area contributed by atoms with Crippen LogP contribution in [-0.4, -0.2) is 11.1 Å². The Morgan fingerprint density at radius 1 is 1.83 bits per heavy atom. The molecule has 0 bridgehead atoms. The van der Waals surface area contributed by atoms with E-state index in [1.54, 1.807) is 0 Å². The van der Waals surface area contributed by atoms with Crippen LogP contribution >= 0.6 is 0 Å². The molecule has 0 heterocycles. The summed E-state index contributed by atoms with van der Waals surface area (Å²) in [5, 5.41) is 16.6. The fourth-order valence-electron chi connectivity index (χ4n) is 0.0456. The van der Waals surface area contributed by atoms with E-state index in [1.165, 1.54) is 5.92 Å². The smallest absolute Gasteiger partial charge is 0.119 e. The second-order valence-electron chi connectivity index (χ2n) is 0.524. The third kappa shape index (κ3) is 2.83. The highest BCUT2D eigenvalue weighted by Crippen LogP contribution is 1.41. The standard InChI is InChI=1S/C3H2O3/c4-2-1-3(5)6/h4H,(H,5,6)/p-1. The molecule has 0 rings (SSSR count). The Hall–Kier alpha value is -1.17. The summed E-state index contributed by atoms with van der Waals surface area (Å²) in [4.78, 5) is 9.15. The molecular weight excluding hydrogens is 84.0 g/mol. The number of aliphatic hydroxyl groups excluding tert-OH is 1. The van der Waals surface area contributed by atoms with Crippen molar-refractivity contribution in [3.63, 3.8) is 0 Å². The number of hydrogen-bond donors (Lipinski definition) is 1. The summed E-state index contributed by atoms with van der Waals surface area (Å²) in [6.07, 6.45) is 1.16. The van der Waals surface area contributed by atoms with Gasteiger partial charge in [0, 0.05) is 0 Å². The van der Waals surface area contributed by atoms with Crippen LogP contribution in [0.1, 0.15) is 0 Å². The molecule has 0 unspecified atom stereocenters. The summed E-state index contributed by atoms with van der Waals surface area (Å²) in [6, 6.07) is 0. The zero-order valence-electron chi connectivity index (χ0n) is 2.76. The topological polar surface area (TPSA) is 60.4 Å². The van der Waals surface area contributed by atoms with Crippen molar-refractivity contribution in [3.8, 4) is 12.0 Å². The van der Waals surface area contributed by atoms with Gasteiger partial charge >= 0.3 is 0 Å². The van der Waals surface area contributed by atoms with Gasteiger partial charge < -0.3 is 15.0 Å². The SMILES string of the molecule is O=C([O-])C#CO. The molecular formula is C3HO3-. The fourth-order valence-corrected chi connectivity index (χ4v) is 0.0456. The van der Waals surface area contributed by atoms with Crippen molar-refractivity contribution in [2.45, 2.75) is 0 Å². The van der Waals surface area contributed by atoms with Gasteiger partial charge in [-0.25, -0.2) is 0 Å². The van der Waals surface area contributed by atoms with Gasteiger partial charge in [-0.15, -0.1) is 0 Å². The maximum atomic E-state index is 9.15. The molecule has 0 aliphatic rings. The molecule has 1 N–H and O–H groups in total. The van der Waals surface area contributed by atoms with E-state index in [1.807, 2.05) is 0 Å². The van der Waals surface area contributed by atoms with E-state index in [0.717, 1.165) is 6.11 Å². The molecule has 0 aromatic rings. The second kappa shape index (κ2) is 2.09. The molecule has 0 amide bonds. The zero-order valence-corrected chi connectivity index (χ0v) is 2.76. The Balaban J connectivity index is 3.50. The molecule has 0 atom stereocenters. The minimum absolute atomic E-state index is 1.16. The predicted molar refractivity (Wildman–Crippen MR) is 14.7 cm³/mol. The van der Waals surface area contributed by atoms with Gasteiger partial charge in [-0.2, -0.15) is 0 Å². The molecule has 0 aliphatic carbocycles. The molecule has 0 saturated heterocycles. The lowest BCUT2D eigenvalue weighted by Crippen LogP contribution is -2.19. The maximum absolute atomic E-state index is 9.15. The molecule has 6 heavy (non-hydrogen) atoms. The highest BCUT2D eigenvalue weighted by Gasteiger charge is 1.61. The summed E-state index contributed by atoms with van der Waals surface area (Å²) in [5.74, 6) is -0.252. The van der Waals surface area contributed by atoms with Crippen LogP contribution in [0.4, 0.5) is 0 Å². The number of carboxylic acid groups (broad SMARTS) is 1. The number of hydrogen-bond acceptors (Lipinski definition) is 3. The quantitative estimate of drug-likeness (QED) is 0.348. The van der Waals surface area contributed by atoms with E-state index in [0.29, 0.717) is 0 Å². The van der Waals surface area contributed by atoms with Gasteiger partial charge in [0.05, 0.1) is 0 Å². The number of carbonyl (C=O) groups is 1. The van der Waals surface area contributed by atoms with Crippen LogP contribution in [0.15, 0.2) is 0 Å². The van der Waals surface area contributed by atoms with Crippen LogP contribution in [0.5, 0.6) is 0 Å². The maximum Gasteiger partial charge on any atom is 0.119 e. The Morgan fingerprint density at radius 3 is 2.33 bits per heavy atom. The second-order valence-corrected chi connectivity index (χ2v) is 0.524. The lowest BCUT2D eigenvalue weighted by atomic mass is 10.7. The minimum Gasteiger partial charge on any atom is -0.536 e. The van der Waals surface area contributed by atoms with Crippen molar-refractivity contribution >= 4 is 5.97 Å². The van der Waals surface area contributed by atoms with Gasteiger partial charge in [0.25, 0.3) is 0 Å². The van der Waals surface area contributed by atoms with E-state index < -0.39 is 5.97 Å². The van der Waals surface area contributed by atoms with Crippen LogP contribution in [-0.2, 0) is 4.79 Å². The summed E-state index contributed by atoms with van der Waals surface area (Å²) >= 11 is 0. The van der Waals surface area contributed by atoms with Crippen molar-refractivity contribution in [2.75, 3.05) is 0 Å². The van der Waals surface area contributed by atoms with Crippen molar-refractivity contribution in [1.29, 1.82) is 0 Å². The molecule has 32 valence electrons. The lowest BCUT2D eigenvalue weighted by Gasteiger charge is -1.77. The number of carboxylic acids is 1. The molecule has 0 radical (unpaired) electrons. The van der Waals surface area contributed by atoms with E-state index >= 15 is 0 Å². The first kappa shape index (κ1) is 4.83. The molecule has 0 saturated carbocycles. The monoisotopic (exact) mass is 85.0 g/mol. The molecule has 0 aromatic carbocycles. The van der Waals surface area contributed by atoms with Crippen molar-refractivity contribution in [3.05, 3.63) is 0 Å². The average molecular weight is 85.0 g/mol. The normalized spacial score (nSPS) is 5.33. The van der Waals surface area contributed by atoms with Gasteiger partial charge in [0.15, 0.2) is 0 Å². The molecule has 0 spiro atoms. The summed E-state index contributed by atoms with van der Waals surface area (Å²) in [7, 11) is 0. The molecule has 3 heteroatoms. The van der Waals surface area contributed by atoms with E-state index in [9.17, 15) is 0 Å². The first-order chi connectivity index (χ1) is 2.77. The third-order valence-corrected chi connectivity index (χ3v) is 0.158. The Labute approximate surface area is 34.2 Å². The van der Waals surface area contributed by atoms with Gasteiger partial charge in [-0.3, -0.25) is 0 Å². The van der Waals surface area contributed by atoms with Gasteiger partial charge in [0.2, 0.25) is 0 Å². The first-order valence-corrected chi connectivity index (χ1v) is 1.13. The van der Waals surface area contributed by atoms with E-state index in [-0.39, 0.29) is 0 Å². The van der Waals surface area contributed by atoms with Gasteiger partial charge in [0.1, 0.15) is 12.1 Å². The third-order valence-electron chi connectivity index (χ3n) is 0.158. The average Bonchev–Trinajstić information content (AvgIpc) is 1.35. The first-order valence-electron chi connectivity index (χ1n) is 1.13. The molecule has 0 fully saturated rings.